The predicted molar refractivity (Wildman–Crippen MR) is 115 cm³/mol. The number of benzene rings is 3. The predicted octanol–water partition coefficient (Wildman–Crippen LogP) is 4.45. The second-order valence-electron chi connectivity index (χ2n) is 5.85. The van der Waals surface area contributed by atoms with Crippen molar-refractivity contribution >= 4 is 45.4 Å². The molecular formula is C21H20N2O4S. The SMILES string of the molecule is COC(=O)c1cc(OC)c(OC)cc1NC(=S)Nc1cccc2ccccc12. The Balaban J connectivity index is 1.91. The van der Waals surface area contributed by atoms with Gasteiger partial charge in [-0.2, -0.15) is 0 Å². The molecule has 0 aliphatic rings. The summed E-state index contributed by atoms with van der Waals surface area (Å²) in [6.45, 7) is 0. The molecule has 2 N–H and O–H groups in total. The number of methoxy groups -OCH3 is 3. The Bertz CT molecular complexity index is 1030. The highest BCUT2D eigenvalue weighted by molar-refractivity contribution is 7.80. The van der Waals surface area contributed by atoms with Gasteiger partial charge in [-0.25, -0.2) is 4.79 Å². The van der Waals surface area contributed by atoms with Crippen molar-refractivity contribution in [1.29, 1.82) is 0 Å². The Morgan fingerprint density at radius 2 is 1.50 bits per heavy atom. The molecule has 0 aliphatic heterocycles. The normalized spacial score (nSPS) is 10.2. The summed E-state index contributed by atoms with van der Waals surface area (Å²) in [5.74, 6) is 0.364. The van der Waals surface area contributed by atoms with Crippen molar-refractivity contribution in [3.63, 3.8) is 0 Å². The Morgan fingerprint density at radius 1 is 0.857 bits per heavy atom. The molecule has 3 aromatic rings. The fourth-order valence-electron chi connectivity index (χ4n) is 2.87. The minimum atomic E-state index is -0.517. The number of thiocarbonyl (C=S) groups is 1. The van der Waals surface area contributed by atoms with Crippen LogP contribution in [0.1, 0.15) is 10.4 Å². The highest BCUT2D eigenvalue weighted by atomic mass is 32.1. The summed E-state index contributed by atoms with van der Waals surface area (Å²) in [7, 11) is 4.33. The summed E-state index contributed by atoms with van der Waals surface area (Å²) in [5.41, 5.74) is 1.58. The van der Waals surface area contributed by atoms with Gasteiger partial charge in [0, 0.05) is 23.2 Å². The number of rotatable bonds is 5. The second kappa shape index (κ2) is 8.58. The lowest BCUT2D eigenvalue weighted by Crippen LogP contribution is -2.21. The van der Waals surface area contributed by atoms with Gasteiger partial charge in [-0.05, 0) is 23.7 Å². The topological polar surface area (TPSA) is 68.8 Å². The first-order chi connectivity index (χ1) is 13.6. The maximum absolute atomic E-state index is 12.2. The maximum Gasteiger partial charge on any atom is 0.340 e. The van der Waals surface area contributed by atoms with E-state index in [0.717, 1.165) is 16.5 Å². The van der Waals surface area contributed by atoms with Gasteiger partial charge >= 0.3 is 5.97 Å². The van der Waals surface area contributed by atoms with Crippen LogP contribution in [0.4, 0.5) is 11.4 Å². The Hall–Kier alpha value is -3.32. The van der Waals surface area contributed by atoms with E-state index >= 15 is 0 Å². The van der Waals surface area contributed by atoms with Crippen LogP contribution in [0.25, 0.3) is 10.8 Å². The summed E-state index contributed by atoms with van der Waals surface area (Å²) in [5, 5.41) is 8.69. The van der Waals surface area contributed by atoms with Gasteiger partial charge in [-0.1, -0.05) is 36.4 Å². The van der Waals surface area contributed by atoms with Gasteiger partial charge in [-0.3, -0.25) is 0 Å². The summed E-state index contributed by atoms with van der Waals surface area (Å²) < 4.78 is 15.5. The third-order valence-electron chi connectivity index (χ3n) is 4.22. The highest BCUT2D eigenvalue weighted by Gasteiger charge is 2.18. The Kier molecular flexibility index (Phi) is 5.96. The first-order valence-corrected chi connectivity index (χ1v) is 8.88. The number of nitrogens with one attached hydrogen (secondary N) is 2. The lowest BCUT2D eigenvalue weighted by Gasteiger charge is -2.17. The van der Waals surface area contributed by atoms with E-state index in [4.69, 9.17) is 26.4 Å². The zero-order valence-electron chi connectivity index (χ0n) is 15.7. The molecule has 0 heterocycles. The van der Waals surface area contributed by atoms with Crippen molar-refractivity contribution in [2.24, 2.45) is 0 Å². The molecule has 144 valence electrons. The number of hydrogen-bond acceptors (Lipinski definition) is 5. The van der Waals surface area contributed by atoms with Crippen LogP contribution in [-0.4, -0.2) is 32.4 Å². The second-order valence-corrected chi connectivity index (χ2v) is 6.26. The lowest BCUT2D eigenvalue weighted by atomic mass is 10.1. The summed E-state index contributed by atoms with van der Waals surface area (Å²) in [6, 6.07) is 17.1. The minimum absolute atomic E-state index is 0.280. The van der Waals surface area contributed by atoms with Crippen molar-refractivity contribution < 1.29 is 19.0 Å². The molecule has 0 aliphatic carbocycles. The van der Waals surface area contributed by atoms with Gasteiger partial charge in [0.25, 0.3) is 0 Å². The molecular weight excluding hydrogens is 376 g/mol. The lowest BCUT2D eigenvalue weighted by molar-refractivity contribution is 0.0601. The first-order valence-electron chi connectivity index (χ1n) is 8.47. The van der Waals surface area contributed by atoms with Crippen molar-refractivity contribution in [2.75, 3.05) is 32.0 Å². The van der Waals surface area contributed by atoms with Crippen LogP contribution in [0.3, 0.4) is 0 Å². The van der Waals surface area contributed by atoms with E-state index in [0.29, 0.717) is 22.3 Å². The van der Waals surface area contributed by atoms with Gasteiger partial charge in [-0.15, -0.1) is 0 Å². The van der Waals surface area contributed by atoms with Crippen molar-refractivity contribution in [3.05, 3.63) is 60.2 Å². The quantitative estimate of drug-likeness (QED) is 0.488. The van der Waals surface area contributed by atoms with Crippen LogP contribution in [0, 0.1) is 0 Å². The molecule has 0 amide bonds. The monoisotopic (exact) mass is 396 g/mol. The van der Waals surface area contributed by atoms with Crippen LogP contribution in [-0.2, 0) is 4.74 Å². The van der Waals surface area contributed by atoms with Crippen molar-refractivity contribution in [3.8, 4) is 11.5 Å². The van der Waals surface area contributed by atoms with Crippen molar-refractivity contribution in [1.82, 2.24) is 0 Å². The van der Waals surface area contributed by atoms with E-state index in [1.54, 1.807) is 12.1 Å². The third-order valence-corrected chi connectivity index (χ3v) is 4.42. The molecule has 0 saturated carbocycles. The van der Waals surface area contributed by atoms with Crippen LogP contribution < -0.4 is 20.1 Å². The molecule has 0 aromatic heterocycles. The van der Waals surface area contributed by atoms with E-state index in [-0.39, 0.29) is 5.56 Å². The van der Waals surface area contributed by atoms with E-state index in [1.807, 2.05) is 42.5 Å². The number of fused-ring (bicyclic) bond motifs is 1. The largest absolute Gasteiger partial charge is 0.493 e. The summed E-state index contributed by atoms with van der Waals surface area (Å²) in [6.07, 6.45) is 0. The molecule has 28 heavy (non-hydrogen) atoms. The average molecular weight is 396 g/mol. The maximum atomic E-state index is 12.2. The Labute approximate surface area is 168 Å². The molecule has 0 unspecified atom stereocenters. The summed E-state index contributed by atoms with van der Waals surface area (Å²) in [4.78, 5) is 12.2. The zero-order valence-corrected chi connectivity index (χ0v) is 16.6. The number of carbonyl (C=O) groups is 1. The molecule has 0 atom stereocenters. The van der Waals surface area contributed by atoms with Crippen LogP contribution in [0.5, 0.6) is 11.5 Å². The minimum Gasteiger partial charge on any atom is -0.493 e. The van der Waals surface area contributed by atoms with Gasteiger partial charge in [0.05, 0.1) is 32.6 Å². The Morgan fingerprint density at radius 3 is 2.21 bits per heavy atom. The van der Waals surface area contributed by atoms with Gasteiger partial charge < -0.3 is 24.8 Å². The fraction of sp³-hybridized carbons (Fsp3) is 0.143. The smallest absolute Gasteiger partial charge is 0.340 e. The molecule has 3 rings (SSSR count). The molecule has 0 radical (unpaired) electrons. The first kappa shape index (κ1) is 19.4. The molecule has 0 saturated heterocycles. The molecule has 3 aromatic carbocycles. The molecule has 7 heteroatoms. The number of carbonyl (C=O) groups excluding carboxylic acids is 1. The van der Waals surface area contributed by atoms with E-state index < -0.39 is 5.97 Å². The average Bonchev–Trinajstić information content (AvgIpc) is 2.73. The molecule has 0 spiro atoms. The number of esters is 1. The van der Waals surface area contributed by atoms with Gasteiger partial charge in [0.1, 0.15) is 0 Å². The van der Waals surface area contributed by atoms with Crippen LogP contribution in [0.15, 0.2) is 54.6 Å². The molecule has 0 bridgehead atoms. The van der Waals surface area contributed by atoms with Gasteiger partial charge in [0.2, 0.25) is 0 Å². The molecule has 0 fully saturated rings. The van der Waals surface area contributed by atoms with Gasteiger partial charge in [0.15, 0.2) is 16.6 Å². The summed E-state index contributed by atoms with van der Waals surface area (Å²) >= 11 is 5.46. The standard InChI is InChI=1S/C21H20N2O4S/c1-25-18-11-15(20(24)27-3)17(12-19(18)26-2)23-21(28)22-16-10-6-8-13-7-4-5-9-14(13)16/h4-12H,1-3H3,(H2,22,23,28). The van der Waals surface area contributed by atoms with E-state index in [9.17, 15) is 4.79 Å². The highest BCUT2D eigenvalue weighted by Crippen LogP contribution is 2.34. The van der Waals surface area contributed by atoms with Crippen LogP contribution in [0.2, 0.25) is 0 Å². The van der Waals surface area contributed by atoms with Crippen LogP contribution >= 0.6 is 12.2 Å². The molecule has 6 nitrogen and oxygen atoms in total. The van der Waals surface area contributed by atoms with Crippen molar-refractivity contribution in [2.45, 2.75) is 0 Å². The third kappa shape index (κ3) is 3.99. The van der Waals surface area contributed by atoms with E-state index in [2.05, 4.69) is 10.6 Å². The number of ether oxygens (including phenoxy) is 3. The zero-order chi connectivity index (χ0) is 20.1. The van der Waals surface area contributed by atoms with E-state index in [1.165, 1.54) is 21.3 Å². The number of anilines is 2. The number of hydrogen-bond donors (Lipinski definition) is 2. The fourth-order valence-corrected chi connectivity index (χ4v) is 3.09.